The van der Waals surface area contributed by atoms with E-state index >= 15 is 0 Å². The van der Waals surface area contributed by atoms with Crippen molar-refractivity contribution in [3.8, 4) is 0 Å². The van der Waals surface area contributed by atoms with Crippen LogP contribution in [0.3, 0.4) is 0 Å². The van der Waals surface area contributed by atoms with Gasteiger partial charge in [-0.15, -0.1) is 0 Å². The van der Waals surface area contributed by atoms with Crippen LogP contribution < -0.4 is 10.1 Å². The van der Waals surface area contributed by atoms with Crippen molar-refractivity contribution in [2.24, 2.45) is 0 Å². The third kappa shape index (κ3) is 2.27. The van der Waals surface area contributed by atoms with Crippen molar-refractivity contribution >= 4 is 45.3 Å². The maximum absolute atomic E-state index is 12.3. The predicted molar refractivity (Wildman–Crippen MR) is 97.9 cm³/mol. The Bertz CT molecular complexity index is 894. The summed E-state index contributed by atoms with van der Waals surface area (Å²) >= 11 is 4.25. The molecule has 3 aromatic rings. The maximum Gasteiger partial charge on any atom is 0.343 e. The SMILES string of the molecule is O=c1[nH]c2[n+](c3ccccc13)C(c1ccccc1)C(I)CS2. The highest BCUT2D eigenvalue weighted by molar-refractivity contribution is 14.1. The fourth-order valence-electron chi connectivity index (χ4n) is 3.01. The molecule has 0 spiro atoms. The number of aromatic amines is 1. The monoisotopic (exact) mass is 421 g/mol. The number of aromatic nitrogens is 2. The van der Waals surface area contributed by atoms with E-state index in [0.29, 0.717) is 3.92 Å². The summed E-state index contributed by atoms with van der Waals surface area (Å²) in [6.07, 6.45) is 0. The van der Waals surface area contributed by atoms with Crippen molar-refractivity contribution in [2.75, 3.05) is 5.75 Å². The Morgan fingerprint density at radius 3 is 2.64 bits per heavy atom. The molecule has 0 radical (unpaired) electrons. The Hall–Kier alpha value is -1.34. The van der Waals surface area contributed by atoms with Gasteiger partial charge in [0, 0.05) is 5.75 Å². The van der Waals surface area contributed by atoms with Crippen LogP contribution in [0.5, 0.6) is 0 Å². The Morgan fingerprint density at radius 1 is 1.09 bits per heavy atom. The quantitative estimate of drug-likeness (QED) is 0.283. The number of fused-ring (bicyclic) bond motifs is 3. The van der Waals surface area contributed by atoms with Crippen LogP contribution in [-0.4, -0.2) is 14.7 Å². The molecule has 2 atom stereocenters. The van der Waals surface area contributed by atoms with E-state index in [9.17, 15) is 4.79 Å². The Labute approximate surface area is 145 Å². The van der Waals surface area contributed by atoms with Gasteiger partial charge in [-0.1, -0.05) is 65.1 Å². The summed E-state index contributed by atoms with van der Waals surface area (Å²) in [5.41, 5.74) is 2.28. The van der Waals surface area contributed by atoms with E-state index in [1.807, 2.05) is 30.3 Å². The zero-order valence-electron chi connectivity index (χ0n) is 11.7. The van der Waals surface area contributed by atoms with Crippen molar-refractivity contribution in [2.45, 2.75) is 15.1 Å². The van der Waals surface area contributed by atoms with Gasteiger partial charge in [0.15, 0.2) is 0 Å². The molecule has 2 aromatic carbocycles. The molecule has 2 unspecified atom stereocenters. The summed E-state index contributed by atoms with van der Waals surface area (Å²) in [6.45, 7) is 0. The van der Waals surface area contributed by atoms with Gasteiger partial charge in [0.2, 0.25) is 0 Å². The van der Waals surface area contributed by atoms with Gasteiger partial charge in [-0.3, -0.25) is 0 Å². The normalized spacial score (nSPS) is 20.8. The van der Waals surface area contributed by atoms with Crippen molar-refractivity contribution in [3.63, 3.8) is 0 Å². The minimum absolute atomic E-state index is 0.00642. The Balaban J connectivity index is 2.05. The number of halogens is 1. The van der Waals surface area contributed by atoms with E-state index in [0.717, 1.165) is 21.8 Å². The molecule has 0 saturated heterocycles. The average Bonchev–Trinajstić information content (AvgIpc) is 2.56. The van der Waals surface area contributed by atoms with Crippen LogP contribution in [0.25, 0.3) is 10.9 Å². The first-order valence-electron chi connectivity index (χ1n) is 7.14. The lowest BCUT2D eigenvalue weighted by atomic mass is 10.0. The third-order valence-electron chi connectivity index (χ3n) is 3.99. The lowest BCUT2D eigenvalue weighted by molar-refractivity contribution is -0.728. The Kier molecular flexibility index (Phi) is 3.69. The van der Waals surface area contributed by atoms with Gasteiger partial charge in [0.1, 0.15) is 16.9 Å². The van der Waals surface area contributed by atoms with Crippen LogP contribution >= 0.6 is 34.4 Å². The van der Waals surface area contributed by atoms with Crippen LogP contribution in [-0.2, 0) is 0 Å². The van der Waals surface area contributed by atoms with Crippen LogP contribution in [0.15, 0.2) is 64.5 Å². The van der Waals surface area contributed by atoms with Crippen molar-refractivity contribution in [1.82, 2.24) is 4.98 Å². The highest BCUT2D eigenvalue weighted by atomic mass is 127. The molecule has 0 saturated carbocycles. The van der Waals surface area contributed by atoms with Crippen LogP contribution in [0.1, 0.15) is 11.6 Å². The molecule has 2 heterocycles. The standard InChI is InChI=1S/C17H13IN2OS/c18-13-10-22-17-19-16(21)12-8-4-5-9-14(12)20(17)15(13)11-6-2-1-3-7-11/h1-9,13,15H,10H2/p+1. The fraction of sp³-hybridized carbons (Fsp3) is 0.176. The predicted octanol–water partition coefficient (Wildman–Crippen LogP) is 3.31. The molecule has 0 amide bonds. The number of hydrogen-bond donors (Lipinski definition) is 1. The number of H-pyrrole nitrogens is 1. The van der Waals surface area contributed by atoms with Gasteiger partial charge >= 0.3 is 10.7 Å². The number of rotatable bonds is 1. The lowest BCUT2D eigenvalue weighted by Crippen LogP contribution is -2.52. The number of para-hydroxylation sites is 1. The summed E-state index contributed by atoms with van der Waals surface area (Å²) in [7, 11) is 0. The molecule has 1 aromatic heterocycles. The van der Waals surface area contributed by atoms with E-state index < -0.39 is 0 Å². The third-order valence-corrected chi connectivity index (χ3v) is 6.81. The van der Waals surface area contributed by atoms with E-state index in [1.54, 1.807) is 11.8 Å². The maximum atomic E-state index is 12.3. The highest BCUT2D eigenvalue weighted by Gasteiger charge is 2.36. The molecule has 1 aliphatic rings. The first kappa shape index (κ1) is 14.3. The second-order valence-corrected chi connectivity index (χ2v) is 7.94. The summed E-state index contributed by atoms with van der Waals surface area (Å²) in [6, 6.07) is 18.6. The van der Waals surface area contributed by atoms with Gasteiger partial charge in [0.05, 0.1) is 3.92 Å². The first-order valence-corrected chi connectivity index (χ1v) is 9.37. The summed E-state index contributed by atoms with van der Waals surface area (Å²) < 4.78 is 2.76. The number of nitrogens with zero attached hydrogens (tertiary/aromatic N) is 1. The molecule has 22 heavy (non-hydrogen) atoms. The fourth-order valence-corrected chi connectivity index (χ4v) is 5.30. The van der Waals surface area contributed by atoms with Gasteiger partial charge in [0.25, 0.3) is 0 Å². The van der Waals surface area contributed by atoms with E-state index in [2.05, 4.69) is 56.4 Å². The highest BCUT2D eigenvalue weighted by Crippen LogP contribution is 2.33. The largest absolute Gasteiger partial charge is 0.343 e. The molecule has 3 nitrogen and oxygen atoms in total. The van der Waals surface area contributed by atoms with Gasteiger partial charge in [-0.25, -0.2) is 9.36 Å². The summed E-state index contributed by atoms with van der Waals surface area (Å²) in [4.78, 5) is 15.3. The summed E-state index contributed by atoms with van der Waals surface area (Å²) in [5, 5.41) is 1.70. The molecule has 1 N–H and O–H groups in total. The molecule has 0 fully saturated rings. The van der Waals surface area contributed by atoms with Crippen LogP contribution in [0.2, 0.25) is 0 Å². The number of thioether (sulfide) groups is 1. The molecule has 0 bridgehead atoms. The lowest BCUT2D eigenvalue weighted by Gasteiger charge is -2.27. The smallest absolute Gasteiger partial charge is 0.241 e. The van der Waals surface area contributed by atoms with E-state index in [1.165, 1.54) is 5.56 Å². The molecular weight excluding hydrogens is 407 g/mol. The number of nitrogens with one attached hydrogen (secondary N) is 1. The topological polar surface area (TPSA) is 36.7 Å². The molecule has 1 aliphatic heterocycles. The van der Waals surface area contributed by atoms with Crippen molar-refractivity contribution < 1.29 is 4.57 Å². The van der Waals surface area contributed by atoms with Crippen LogP contribution in [0, 0.1) is 0 Å². The van der Waals surface area contributed by atoms with Crippen LogP contribution in [0.4, 0.5) is 0 Å². The zero-order chi connectivity index (χ0) is 15.1. The van der Waals surface area contributed by atoms with E-state index in [4.69, 9.17) is 0 Å². The van der Waals surface area contributed by atoms with Crippen molar-refractivity contribution in [1.29, 1.82) is 0 Å². The second kappa shape index (κ2) is 5.70. The molecular formula is C17H14IN2OS+. The van der Waals surface area contributed by atoms with Gasteiger partial charge < -0.3 is 0 Å². The van der Waals surface area contributed by atoms with Gasteiger partial charge in [-0.05, 0) is 29.5 Å². The average molecular weight is 421 g/mol. The molecule has 110 valence electrons. The second-order valence-electron chi connectivity index (χ2n) is 5.33. The Morgan fingerprint density at radius 2 is 1.82 bits per heavy atom. The van der Waals surface area contributed by atoms with Crippen molar-refractivity contribution in [3.05, 3.63) is 70.5 Å². The number of benzene rings is 2. The number of alkyl halides is 1. The summed E-state index contributed by atoms with van der Waals surface area (Å²) in [5.74, 6) is 0.994. The number of hydrogen-bond acceptors (Lipinski definition) is 2. The minimum atomic E-state index is -0.00642. The molecule has 0 aliphatic carbocycles. The first-order chi connectivity index (χ1) is 10.8. The zero-order valence-corrected chi connectivity index (χ0v) is 14.7. The van der Waals surface area contributed by atoms with Gasteiger partial charge in [-0.2, -0.15) is 4.98 Å². The van der Waals surface area contributed by atoms with E-state index in [-0.39, 0.29) is 11.6 Å². The minimum Gasteiger partial charge on any atom is -0.241 e. The molecule has 5 heteroatoms. The molecule has 4 rings (SSSR count).